The Bertz CT molecular complexity index is 2760. The fraction of sp³-hybridized carbons (Fsp3) is 0.314. The number of esters is 1. The van der Waals surface area contributed by atoms with Crippen LogP contribution in [-0.2, 0) is 41.4 Å². The minimum Gasteiger partial charge on any atom is -0.469 e. The molecule has 4 amide bonds. The lowest BCUT2D eigenvalue weighted by molar-refractivity contribution is -0.142. The predicted molar refractivity (Wildman–Crippen MR) is 274 cm³/mol. The van der Waals surface area contributed by atoms with Crippen LogP contribution in [0.15, 0.2) is 109 Å². The number of anilines is 2. The van der Waals surface area contributed by atoms with Crippen molar-refractivity contribution in [3.63, 3.8) is 0 Å². The smallest absolute Gasteiger partial charge is 0.412 e. The Hall–Kier alpha value is -6.97. The number of amides is 4. The maximum absolute atomic E-state index is 13.9. The van der Waals surface area contributed by atoms with Gasteiger partial charge in [0.1, 0.15) is 24.8 Å². The number of ether oxygens (including phenoxy) is 3. The summed E-state index contributed by atoms with van der Waals surface area (Å²) in [6.45, 7) is -0.386. The van der Waals surface area contributed by atoms with Gasteiger partial charge in [-0.05, 0) is 78.3 Å². The summed E-state index contributed by atoms with van der Waals surface area (Å²) in [6, 6.07) is 25.0. The second-order valence-corrected chi connectivity index (χ2v) is 16.0. The van der Waals surface area contributed by atoms with Gasteiger partial charge in [0.15, 0.2) is 23.3 Å². The quantitative estimate of drug-likeness (QED) is 0.0376. The summed E-state index contributed by atoms with van der Waals surface area (Å²) in [6.07, 6.45) is 2.62. The first-order valence-corrected chi connectivity index (χ1v) is 22.3. The van der Waals surface area contributed by atoms with Crippen molar-refractivity contribution in [1.82, 2.24) is 19.8 Å². The van der Waals surface area contributed by atoms with Crippen LogP contribution in [0.1, 0.15) is 49.7 Å². The highest BCUT2D eigenvalue weighted by atomic mass is 32.1. The lowest BCUT2D eigenvalue weighted by atomic mass is 10.1. The van der Waals surface area contributed by atoms with E-state index in [4.69, 9.17) is 9.47 Å². The Kier molecular flexibility index (Phi) is 24.8. The monoisotopic (exact) mass is 1040 g/mol. The van der Waals surface area contributed by atoms with E-state index >= 15 is 0 Å². The van der Waals surface area contributed by atoms with Gasteiger partial charge in [-0.15, -0.1) is 0 Å². The molecule has 0 radical (unpaired) electrons. The minimum absolute atomic E-state index is 0. The molecule has 0 saturated heterocycles. The fourth-order valence-electron chi connectivity index (χ4n) is 7.15. The van der Waals surface area contributed by atoms with Crippen LogP contribution in [0.4, 0.5) is 38.8 Å². The van der Waals surface area contributed by atoms with Crippen LogP contribution >= 0.6 is 27.0 Å². The number of aliphatic hydroxyl groups is 1. The average Bonchev–Trinajstić information content (AvgIpc) is 3.36. The number of carbonyl (C=O) groups excluding carboxylic acids is 5. The van der Waals surface area contributed by atoms with Crippen molar-refractivity contribution in [2.45, 2.75) is 63.5 Å². The van der Waals surface area contributed by atoms with E-state index in [0.717, 1.165) is 33.7 Å². The van der Waals surface area contributed by atoms with E-state index in [-0.39, 0.29) is 108 Å². The van der Waals surface area contributed by atoms with E-state index in [1.54, 1.807) is 31.6 Å². The second-order valence-electron chi connectivity index (χ2n) is 16.0. The topological polar surface area (TPSA) is 190 Å². The van der Waals surface area contributed by atoms with Gasteiger partial charge in [-0.2, -0.15) is 27.0 Å². The number of fused-ring (bicyclic) bond motifs is 2. The number of benzene rings is 4. The van der Waals surface area contributed by atoms with Crippen LogP contribution < -0.4 is 10.6 Å². The fourth-order valence-corrected chi connectivity index (χ4v) is 7.15. The molecule has 0 saturated carbocycles. The van der Waals surface area contributed by atoms with E-state index in [9.17, 15) is 46.6 Å². The first-order chi connectivity index (χ1) is 33.7. The molecule has 15 nitrogen and oxygen atoms in total. The second kappa shape index (κ2) is 30.0. The Morgan fingerprint density at radius 2 is 1.01 bits per heavy atom. The highest BCUT2D eigenvalue weighted by Gasteiger charge is 2.25. The highest BCUT2D eigenvalue weighted by Crippen LogP contribution is 2.20. The predicted octanol–water partition coefficient (Wildman–Crippen LogP) is 8.99. The number of nitrogens with zero attached hydrogens (tertiary/aromatic N) is 4. The molecule has 0 fully saturated rings. The number of rotatable bonds is 20. The maximum atomic E-state index is 13.9. The molecule has 2 heterocycles. The van der Waals surface area contributed by atoms with Crippen molar-refractivity contribution < 1.29 is 60.9 Å². The minimum atomic E-state index is -0.988. The molecule has 2 atom stereocenters. The number of methoxy groups -OCH3 is 1. The van der Waals surface area contributed by atoms with E-state index < -0.39 is 53.5 Å². The van der Waals surface area contributed by atoms with E-state index in [0.29, 0.717) is 24.5 Å². The van der Waals surface area contributed by atoms with Gasteiger partial charge in [-0.25, -0.2) is 37.1 Å². The number of hydrogen-bond donors (Lipinski definition) is 3. The van der Waals surface area contributed by atoms with Crippen LogP contribution in [0.5, 0.6) is 0 Å². The third-order valence-electron chi connectivity index (χ3n) is 11.3. The van der Waals surface area contributed by atoms with Crippen molar-refractivity contribution >= 4 is 90.1 Å². The third-order valence-corrected chi connectivity index (χ3v) is 11.3. The Morgan fingerprint density at radius 3 is 1.43 bits per heavy atom. The van der Waals surface area contributed by atoms with E-state index in [1.165, 1.54) is 48.2 Å². The molecule has 0 spiro atoms. The molecule has 2 aromatic heterocycles. The van der Waals surface area contributed by atoms with Crippen LogP contribution in [-0.4, -0.2) is 108 Å². The van der Waals surface area contributed by atoms with Crippen molar-refractivity contribution in [3.05, 3.63) is 144 Å². The zero-order chi connectivity index (χ0) is 50.6. The molecule has 0 unspecified atom stereocenters. The van der Waals surface area contributed by atoms with Gasteiger partial charge in [0, 0.05) is 63.1 Å². The zero-order valence-corrected chi connectivity index (χ0v) is 41.8. The molecule has 3 N–H and O–H groups in total. The number of aryl methyl sites for hydroxylation is 2. The average molecular weight is 1040 g/mol. The molecule has 0 bridgehead atoms. The van der Waals surface area contributed by atoms with E-state index in [2.05, 4.69) is 25.3 Å². The standard InChI is InChI=1S/C26H27F2N3O5.C25H27F2N3O4.2H2S/c1-31(23(32)12-10-17-8-5-9-21(27)25(17)28)20(11-13-24(33)35-2)16-36-26(34)30-22-14-18-6-3-4-7-19(18)15-29-22;1-30(23(32)12-11-17-8-4-10-21(26)24(17)27)20(9-5-13-31)16-34-25(33)29-22-14-18-6-2-3-7-19(18)15-28-22;;/h3-9,14-15,20H,10-13,16H2,1-2H3,(H,29,30,34);2-4,6-8,10,14-15,20,31H,5,9,11-13,16H2,1H3,(H,28,29,33);2*1H2/t2*20-;;/m00../s1. The van der Waals surface area contributed by atoms with Crippen LogP contribution in [0.2, 0.25) is 0 Å². The SMILES string of the molecule is CN(C(=O)CCc1cccc(F)c1F)[C@@H](CCCO)COC(=O)Nc1cc2ccccc2cn1.COC(=O)CC[C@@H](COC(=O)Nc1cc2ccccc2cn1)N(C)C(=O)CCc1cccc(F)c1F.S.S. The summed E-state index contributed by atoms with van der Waals surface area (Å²) in [5.41, 5.74) is 0.202. The first-order valence-electron chi connectivity index (χ1n) is 22.3. The van der Waals surface area contributed by atoms with Gasteiger partial charge < -0.3 is 29.1 Å². The number of halogens is 4. The van der Waals surface area contributed by atoms with Gasteiger partial charge in [0.25, 0.3) is 0 Å². The lowest BCUT2D eigenvalue weighted by Gasteiger charge is -2.28. The van der Waals surface area contributed by atoms with Crippen LogP contribution in [0.3, 0.4) is 0 Å². The number of carbonyl (C=O) groups is 5. The molecule has 386 valence electrons. The molecule has 0 aliphatic rings. The normalized spacial score (nSPS) is 11.3. The van der Waals surface area contributed by atoms with Crippen LogP contribution in [0, 0.1) is 23.3 Å². The van der Waals surface area contributed by atoms with Crippen molar-refractivity contribution in [1.29, 1.82) is 0 Å². The molecular formula is C51H58F4N6O9S2. The van der Waals surface area contributed by atoms with Gasteiger partial charge in [0.05, 0.1) is 19.2 Å². The molecular weight excluding hydrogens is 981 g/mol. The zero-order valence-electron chi connectivity index (χ0n) is 39.8. The largest absolute Gasteiger partial charge is 0.469 e. The summed E-state index contributed by atoms with van der Waals surface area (Å²) in [5, 5.41) is 18.0. The number of pyridine rings is 2. The van der Waals surface area contributed by atoms with Gasteiger partial charge >= 0.3 is 18.2 Å². The number of nitrogens with one attached hydrogen (secondary N) is 2. The number of aromatic nitrogens is 2. The van der Waals surface area contributed by atoms with Crippen LogP contribution in [0.25, 0.3) is 21.5 Å². The molecule has 0 aliphatic heterocycles. The van der Waals surface area contributed by atoms with E-state index in [1.807, 2.05) is 48.5 Å². The lowest BCUT2D eigenvalue weighted by Crippen LogP contribution is -2.41. The van der Waals surface area contributed by atoms with Gasteiger partial charge in [0.2, 0.25) is 11.8 Å². The summed E-state index contributed by atoms with van der Waals surface area (Å²) >= 11 is 0. The Labute approximate surface area is 428 Å². The third kappa shape index (κ3) is 18.0. The summed E-state index contributed by atoms with van der Waals surface area (Å²) in [4.78, 5) is 72.8. The Morgan fingerprint density at radius 1 is 0.597 bits per heavy atom. The number of hydrogen-bond acceptors (Lipinski definition) is 11. The maximum Gasteiger partial charge on any atom is 0.412 e. The molecule has 72 heavy (non-hydrogen) atoms. The molecule has 21 heteroatoms. The Balaban J connectivity index is 0.000000371. The summed E-state index contributed by atoms with van der Waals surface area (Å²) in [7, 11) is 4.30. The molecule has 6 rings (SSSR count). The molecule has 0 aliphatic carbocycles. The molecule has 4 aromatic carbocycles. The summed E-state index contributed by atoms with van der Waals surface area (Å²) < 4.78 is 69.9. The van der Waals surface area contributed by atoms with Gasteiger partial charge in [-0.1, -0.05) is 72.8 Å². The first kappa shape index (κ1) is 59.3. The van der Waals surface area contributed by atoms with Gasteiger partial charge in [-0.3, -0.25) is 25.0 Å². The highest BCUT2D eigenvalue weighted by molar-refractivity contribution is 7.59. The number of likely N-dealkylation sites (N-methyl/N-ethyl adjacent to an activating group) is 2. The van der Waals surface area contributed by atoms with Crippen molar-refractivity contribution in [2.24, 2.45) is 0 Å². The number of aliphatic hydroxyl groups excluding tert-OH is 1. The molecule has 6 aromatic rings. The van der Waals surface area contributed by atoms with Crippen molar-refractivity contribution in [2.75, 3.05) is 51.7 Å². The summed E-state index contributed by atoms with van der Waals surface area (Å²) in [5.74, 6) is -4.44. The van der Waals surface area contributed by atoms with Crippen molar-refractivity contribution in [3.8, 4) is 0 Å².